The van der Waals surface area contributed by atoms with Crippen molar-refractivity contribution >= 4 is 5.97 Å². The lowest BCUT2D eigenvalue weighted by atomic mass is 9.77. The molecule has 16 heavy (non-hydrogen) atoms. The highest BCUT2D eigenvalue weighted by molar-refractivity contribution is 5.69. The fourth-order valence-corrected chi connectivity index (χ4v) is 2.24. The van der Waals surface area contributed by atoms with Crippen molar-refractivity contribution in [3.63, 3.8) is 0 Å². The van der Waals surface area contributed by atoms with Crippen LogP contribution in [0.15, 0.2) is 24.3 Å². The van der Waals surface area contributed by atoms with Crippen LogP contribution in [0.4, 0.5) is 4.39 Å². The summed E-state index contributed by atoms with van der Waals surface area (Å²) in [7, 11) is 0. The number of ether oxygens (including phenoxy) is 1. The maximum Gasteiger partial charge on any atom is 0.304 e. The zero-order valence-corrected chi connectivity index (χ0v) is 8.78. The van der Waals surface area contributed by atoms with Gasteiger partial charge in [-0.3, -0.25) is 4.79 Å². The number of aliphatic carboxylic acids is 1. The molecule has 1 aromatic carbocycles. The van der Waals surface area contributed by atoms with Crippen LogP contribution in [-0.2, 0) is 14.9 Å². The lowest BCUT2D eigenvalue weighted by Gasteiger charge is -2.26. The van der Waals surface area contributed by atoms with Crippen molar-refractivity contribution < 1.29 is 19.0 Å². The van der Waals surface area contributed by atoms with Crippen molar-refractivity contribution in [2.45, 2.75) is 18.3 Å². The molecule has 1 N–H and O–H groups in total. The van der Waals surface area contributed by atoms with Gasteiger partial charge in [0, 0.05) is 12.0 Å². The van der Waals surface area contributed by atoms with Gasteiger partial charge in [0.25, 0.3) is 0 Å². The van der Waals surface area contributed by atoms with Gasteiger partial charge in [-0.2, -0.15) is 0 Å². The Labute approximate surface area is 92.9 Å². The third-order valence-corrected chi connectivity index (χ3v) is 3.04. The third kappa shape index (κ3) is 1.93. The van der Waals surface area contributed by atoms with Gasteiger partial charge in [-0.05, 0) is 18.1 Å². The van der Waals surface area contributed by atoms with Crippen LogP contribution < -0.4 is 0 Å². The van der Waals surface area contributed by atoms with Crippen LogP contribution in [0.25, 0.3) is 0 Å². The van der Waals surface area contributed by atoms with E-state index < -0.39 is 11.4 Å². The largest absolute Gasteiger partial charge is 0.481 e. The van der Waals surface area contributed by atoms with Crippen LogP contribution in [-0.4, -0.2) is 24.3 Å². The number of carboxylic acid groups (broad SMARTS) is 1. The number of carbonyl (C=O) groups is 1. The molecule has 0 aromatic heterocycles. The van der Waals surface area contributed by atoms with Crippen molar-refractivity contribution in [3.8, 4) is 0 Å². The molecule has 4 heteroatoms. The summed E-state index contributed by atoms with van der Waals surface area (Å²) in [4.78, 5) is 10.9. The van der Waals surface area contributed by atoms with Crippen molar-refractivity contribution in [1.82, 2.24) is 0 Å². The van der Waals surface area contributed by atoms with Gasteiger partial charge in [0.15, 0.2) is 0 Å². The topological polar surface area (TPSA) is 46.5 Å². The zero-order chi connectivity index (χ0) is 11.6. The molecule has 1 aliphatic heterocycles. The molecule has 0 radical (unpaired) electrons. The number of benzene rings is 1. The molecular formula is C12H13FO3. The first kappa shape index (κ1) is 11.1. The van der Waals surface area contributed by atoms with Crippen molar-refractivity contribution in [3.05, 3.63) is 35.6 Å². The molecule has 1 atom stereocenters. The lowest BCUT2D eigenvalue weighted by molar-refractivity contribution is -0.138. The zero-order valence-electron chi connectivity index (χ0n) is 8.78. The lowest BCUT2D eigenvalue weighted by Crippen LogP contribution is -2.30. The van der Waals surface area contributed by atoms with E-state index in [0.29, 0.717) is 18.6 Å². The minimum Gasteiger partial charge on any atom is -0.481 e. The Morgan fingerprint density at radius 3 is 2.81 bits per heavy atom. The highest BCUT2D eigenvalue weighted by atomic mass is 19.1. The summed E-state index contributed by atoms with van der Waals surface area (Å²) in [5.41, 5.74) is -0.244. The second-order valence-electron chi connectivity index (χ2n) is 4.13. The number of hydrogen-bond donors (Lipinski definition) is 1. The molecule has 0 bridgehead atoms. The highest BCUT2D eigenvalue weighted by Crippen LogP contribution is 2.37. The Morgan fingerprint density at radius 1 is 1.50 bits per heavy atom. The van der Waals surface area contributed by atoms with Gasteiger partial charge in [-0.25, -0.2) is 4.39 Å². The average molecular weight is 224 g/mol. The molecule has 0 aliphatic carbocycles. The summed E-state index contributed by atoms with van der Waals surface area (Å²) in [6.45, 7) is 0.766. The summed E-state index contributed by atoms with van der Waals surface area (Å²) >= 11 is 0. The Morgan fingerprint density at radius 2 is 2.25 bits per heavy atom. The van der Waals surface area contributed by atoms with Gasteiger partial charge in [-0.1, -0.05) is 18.2 Å². The van der Waals surface area contributed by atoms with E-state index in [1.165, 1.54) is 6.07 Å². The van der Waals surface area contributed by atoms with E-state index in [0.717, 1.165) is 0 Å². The van der Waals surface area contributed by atoms with Gasteiger partial charge in [0.05, 0.1) is 13.0 Å². The van der Waals surface area contributed by atoms with Crippen LogP contribution in [0.5, 0.6) is 0 Å². The molecule has 0 amide bonds. The minimum atomic E-state index is -0.922. The first-order valence-corrected chi connectivity index (χ1v) is 5.19. The van der Waals surface area contributed by atoms with E-state index in [1.54, 1.807) is 18.2 Å². The van der Waals surface area contributed by atoms with Crippen LogP contribution in [0, 0.1) is 5.82 Å². The first-order valence-electron chi connectivity index (χ1n) is 5.19. The monoisotopic (exact) mass is 224 g/mol. The van der Waals surface area contributed by atoms with Gasteiger partial charge in [-0.15, -0.1) is 0 Å². The fourth-order valence-electron chi connectivity index (χ4n) is 2.24. The van der Waals surface area contributed by atoms with E-state index in [9.17, 15) is 9.18 Å². The highest BCUT2D eigenvalue weighted by Gasteiger charge is 2.40. The smallest absolute Gasteiger partial charge is 0.304 e. The molecule has 1 aliphatic rings. The van der Waals surface area contributed by atoms with Crippen LogP contribution in [0.3, 0.4) is 0 Å². The molecular weight excluding hydrogens is 211 g/mol. The Hall–Kier alpha value is -1.42. The average Bonchev–Trinajstić information content (AvgIpc) is 2.67. The number of carboxylic acids is 1. The van der Waals surface area contributed by atoms with E-state index in [2.05, 4.69) is 0 Å². The second-order valence-corrected chi connectivity index (χ2v) is 4.13. The van der Waals surface area contributed by atoms with Gasteiger partial charge < -0.3 is 9.84 Å². The molecule has 1 fully saturated rings. The van der Waals surface area contributed by atoms with Crippen molar-refractivity contribution in [1.29, 1.82) is 0 Å². The second kappa shape index (κ2) is 4.22. The van der Waals surface area contributed by atoms with Crippen LogP contribution >= 0.6 is 0 Å². The molecule has 1 aromatic rings. The van der Waals surface area contributed by atoms with Crippen molar-refractivity contribution in [2.24, 2.45) is 0 Å². The Balaban J connectivity index is 2.39. The molecule has 1 unspecified atom stereocenters. The van der Waals surface area contributed by atoms with E-state index in [1.807, 2.05) is 0 Å². The van der Waals surface area contributed by atoms with Crippen LogP contribution in [0.1, 0.15) is 18.4 Å². The standard InChI is InChI=1S/C12H13FO3/c13-10-4-2-1-3-9(10)12(7-11(14)15)5-6-16-8-12/h1-4H,5-8H2,(H,14,15). The molecule has 86 valence electrons. The van der Waals surface area contributed by atoms with Gasteiger partial charge >= 0.3 is 5.97 Å². The maximum atomic E-state index is 13.7. The summed E-state index contributed by atoms with van der Waals surface area (Å²) in [6.07, 6.45) is 0.466. The number of rotatable bonds is 3. The SMILES string of the molecule is O=C(O)CC1(c2ccccc2F)CCOC1. The normalized spacial score (nSPS) is 24.6. The molecule has 1 heterocycles. The minimum absolute atomic E-state index is 0.0894. The molecule has 3 nitrogen and oxygen atoms in total. The number of halogens is 1. The maximum absolute atomic E-state index is 13.7. The summed E-state index contributed by atoms with van der Waals surface area (Å²) in [5.74, 6) is -1.27. The van der Waals surface area contributed by atoms with Crippen LogP contribution in [0.2, 0.25) is 0 Å². The Bertz CT molecular complexity index is 397. The summed E-state index contributed by atoms with van der Waals surface area (Å²) < 4.78 is 18.9. The predicted molar refractivity (Wildman–Crippen MR) is 55.8 cm³/mol. The van der Waals surface area contributed by atoms with Crippen molar-refractivity contribution in [2.75, 3.05) is 13.2 Å². The fraction of sp³-hybridized carbons (Fsp3) is 0.417. The first-order chi connectivity index (χ1) is 7.64. The summed E-state index contributed by atoms with van der Waals surface area (Å²) in [5, 5.41) is 8.91. The Kier molecular flexibility index (Phi) is 2.92. The molecule has 0 saturated carbocycles. The molecule has 1 saturated heterocycles. The number of hydrogen-bond acceptors (Lipinski definition) is 2. The summed E-state index contributed by atoms with van der Waals surface area (Å²) in [6, 6.07) is 6.33. The van der Waals surface area contributed by atoms with Gasteiger partial charge in [0.2, 0.25) is 0 Å². The molecule has 0 spiro atoms. The van der Waals surface area contributed by atoms with E-state index in [4.69, 9.17) is 9.84 Å². The predicted octanol–water partition coefficient (Wildman–Crippen LogP) is 1.96. The quantitative estimate of drug-likeness (QED) is 0.853. The van der Waals surface area contributed by atoms with Gasteiger partial charge in [0.1, 0.15) is 5.82 Å². The third-order valence-electron chi connectivity index (χ3n) is 3.04. The van der Waals surface area contributed by atoms with E-state index >= 15 is 0 Å². The van der Waals surface area contributed by atoms with E-state index in [-0.39, 0.29) is 18.8 Å². The molecule has 2 rings (SSSR count).